The van der Waals surface area contributed by atoms with Crippen molar-refractivity contribution in [2.24, 2.45) is 5.73 Å². The Morgan fingerprint density at radius 1 is 1.65 bits per heavy atom. The average Bonchev–Trinajstić information content (AvgIpc) is 2.29. The standard InChI is InChI=1S/C11H14ClFN2O2/c1-6(16)10(14)11(17)15-5-7-3-2-4-8(12)9(7)13/h2-4,6,10,16H,5,14H2,1H3,(H,15,17)/t6?,10-/m0/s1. The molecule has 94 valence electrons. The van der Waals surface area contributed by atoms with Crippen molar-refractivity contribution < 1.29 is 14.3 Å². The second kappa shape index (κ2) is 5.95. The van der Waals surface area contributed by atoms with Gasteiger partial charge in [-0.05, 0) is 13.0 Å². The van der Waals surface area contributed by atoms with E-state index < -0.39 is 23.9 Å². The summed E-state index contributed by atoms with van der Waals surface area (Å²) >= 11 is 5.59. The molecule has 0 aliphatic heterocycles. The Labute approximate surface area is 104 Å². The van der Waals surface area contributed by atoms with Crippen molar-refractivity contribution in [2.45, 2.75) is 25.6 Å². The van der Waals surface area contributed by atoms with E-state index in [0.717, 1.165) is 0 Å². The van der Waals surface area contributed by atoms with Gasteiger partial charge in [-0.25, -0.2) is 4.39 Å². The minimum Gasteiger partial charge on any atom is -0.391 e. The molecule has 0 heterocycles. The van der Waals surface area contributed by atoms with Crippen LogP contribution in [0.4, 0.5) is 4.39 Å². The first-order chi connectivity index (χ1) is 7.93. The number of nitrogens with two attached hydrogens (primary N) is 1. The monoisotopic (exact) mass is 260 g/mol. The van der Waals surface area contributed by atoms with E-state index >= 15 is 0 Å². The number of halogens is 2. The van der Waals surface area contributed by atoms with Crippen LogP contribution in [0.5, 0.6) is 0 Å². The quantitative estimate of drug-likeness (QED) is 0.750. The van der Waals surface area contributed by atoms with Crippen molar-refractivity contribution in [3.63, 3.8) is 0 Å². The third-order valence-electron chi connectivity index (χ3n) is 2.31. The third kappa shape index (κ3) is 3.66. The van der Waals surface area contributed by atoms with Gasteiger partial charge in [-0.2, -0.15) is 0 Å². The SMILES string of the molecule is CC(O)[C@H](N)C(=O)NCc1cccc(Cl)c1F. The van der Waals surface area contributed by atoms with E-state index in [1.54, 1.807) is 6.07 Å². The van der Waals surface area contributed by atoms with Crippen LogP contribution < -0.4 is 11.1 Å². The van der Waals surface area contributed by atoms with Gasteiger partial charge in [0.1, 0.15) is 11.9 Å². The fourth-order valence-electron chi connectivity index (χ4n) is 1.20. The molecule has 0 spiro atoms. The van der Waals surface area contributed by atoms with Gasteiger partial charge in [0.15, 0.2) is 0 Å². The molecular weight excluding hydrogens is 247 g/mol. The van der Waals surface area contributed by atoms with E-state index in [2.05, 4.69) is 5.32 Å². The van der Waals surface area contributed by atoms with Gasteiger partial charge in [-0.3, -0.25) is 4.79 Å². The lowest BCUT2D eigenvalue weighted by molar-refractivity contribution is -0.124. The second-order valence-corrected chi connectivity index (χ2v) is 4.10. The number of hydrogen-bond acceptors (Lipinski definition) is 3. The van der Waals surface area contributed by atoms with Crippen LogP contribution in [0.25, 0.3) is 0 Å². The van der Waals surface area contributed by atoms with Crippen LogP contribution >= 0.6 is 11.6 Å². The second-order valence-electron chi connectivity index (χ2n) is 3.70. The summed E-state index contributed by atoms with van der Waals surface area (Å²) in [5.41, 5.74) is 5.68. The van der Waals surface area contributed by atoms with Gasteiger partial charge in [0, 0.05) is 12.1 Å². The lowest BCUT2D eigenvalue weighted by atomic mass is 10.1. The minimum absolute atomic E-state index is 0.00317. The van der Waals surface area contributed by atoms with Crippen LogP contribution in [0, 0.1) is 5.82 Å². The summed E-state index contributed by atoms with van der Waals surface area (Å²) in [7, 11) is 0. The lowest BCUT2D eigenvalue weighted by Gasteiger charge is -2.14. The molecule has 0 aliphatic carbocycles. The highest BCUT2D eigenvalue weighted by atomic mass is 35.5. The Bertz CT molecular complexity index is 412. The maximum atomic E-state index is 13.4. The molecule has 0 aromatic heterocycles. The Hall–Kier alpha value is -1.17. The largest absolute Gasteiger partial charge is 0.391 e. The van der Waals surface area contributed by atoms with E-state index in [-0.39, 0.29) is 17.1 Å². The summed E-state index contributed by atoms with van der Waals surface area (Å²) in [4.78, 5) is 11.4. The molecule has 0 fully saturated rings. The number of aliphatic hydroxyl groups is 1. The van der Waals surface area contributed by atoms with Crippen LogP contribution in [0.3, 0.4) is 0 Å². The van der Waals surface area contributed by atoms with Crippen molar-refractivity contribution in [3.8, 4) is 0 Å². The number of rotatable bonds is 4. The number of benzene rings is 1. The number of hydrogen-bond donors (Lipinski definition) is 3. The van der Waals surface area contributed by atoms with Crippen LogP contribution in [0.1, 0.15) is 12.5 Å². The van der Waals surface area contributed by atoms with Crippen LogP contribution in [0.2, 0.25) is 5.02 Å². The van der Waals surface area contributed by atoms with E-state index in [9.17, 15) is 9.18 Å². The number of carbonyl (C=O) groups is 1. The zero-order valence-electron chi connectivity index (χ0n) is 9.28. The predicted molar refractivity (Wildman–Crippen MR) is 62.9 cm³/mol. The predicted octanol–water partition coefficient (Wildman–Crippen LogP) is 0.803. The van der Waals surface area contributed by atoms with E-state index in [4.69, 9.17) is 22.4 Å². The molecule has 0 saturated carbocycles. The fraction of sp³-hybridized carbons (Fsp3) is 0.364. The van der Waals surface area contributed by atoms with Crippen molar-refractivity contribution >= 4 is 17.5 Å². The summed E-state index contributed by atoms with van der Waals surface area (Å²) in [5.74, 6) is -1.11. The van der Waals surface area contributed by atoms with Gasteiger partial charge in [0.2, 0.25) is 5.91 Å². The Morgan fingerprint density at radius 3 is 2.88 bits per heavy atom. The molecule has 1 rings (SSSR count). The highest BCUT2D eigenvalue weighted by Crippen LogP contribution is 2.17. The molecule has 17 heavy (non-hydrogen) atoms. The molecule has 4 nitrogen and oxygen atoms in total. The molecule has 1 aromatic carbocycles. The van der Waals surface area contributed by atoms with Gasteiger partial charge >= 0.3 is 0 Å². The molecule has 4 N–H and O–H groups in total. The van der Waals surface area contributed by atoms with Crippen LogP contribution in [-0.2, 0) is 11.3 Å². The van der Waals surface area contributed by atoms with Crippen molar-refractivity contribution in [1.82, 2.24) is 5.32 Å². The molecule has 1 unspecified atom stereocenters. The van der Waals surface area contributed by atoms with Crippen molar-refractivity contribution in [2.75, 3.05) is 0 Å². The van der Waals surface area contributed by atoms with E-state index in [1.807, 2.05) is 0 Å². The number of carbonyl (C=O) groups excluding carboxylic acids is 1. The van der Waals surface area contributed by atoms with Gasteiger partial charge in [-0.1, -0.05) is 23.7 Å². The maximum Gasteiger partial charge on any atom is 0.239 e. The molecule has 0 saturated heterocycles. The average molecular weight is 261 g/mol. The first-order valence-electron chi connectivity index (χ1n) is 5.07. The topological polar surface area (TPSA) is 75.3 Å². The Balaban J connectivity index is 2.62. The Kier molecular flexibility index (Phi) is 4.86. The maximum absolute atomic E-state index is 13.4. The van der Waals surface area contributed by atoms with E-state index in [1.165, 1.54) is 19.1 Å². The molecule has 0 bridgehead atoms. The van der Waals surface area contributed by atoms with Gasteiger partial charge in [0.05, 0.1) is 11.1 Å². The number of nitrogens with one attached hydrogen (secondary N) is 1. The Morgan fingerprint density at radius 2 is 2.29 bits per heavy atom. The minimum atomic E-state index is -1.03. The first-order valence-corrected chi connectivity index (χ1v) is 5.45. The van der Waals surface area contributed by atoms with Crippen molar-refractivity contribution in [1.29, 1.82) is 0 Å². The van der Waals surface area contributed by atoms with Crippen LogP contribution in [-0.4, -0.2) is 23.2 Å². The molecule has 1 amide bonds. The van der Waals surface area contributed by atoms with Crippen LogP contribution in [0.15, 0.2) is 18.2 Å². The molecule has 6 heteroatoms. The highest BCUT2D eigenvalue weighted by Gasteiger charge is 2.18. The number of amides is 1. The van der Waals surface area contributed by atoms with E-state index in [0.29, 0.717) is 0 Å². The van der Waals surface area contributed by atoms with Gasteiger partial charge in [-0.15, -0.1) is 0 Å². The first kappa shape index (κ1) is 13.9. The fourth-order valence-corrected chi connectivity index (χ4v) is 1.40. The molecule has 2 atom stereocenters. The van der Waals surface area contributed by atoms with Gasteiger partial charge in [0.25, 0.3) is 0 Å². The highest BCUT2D eigenvalue weighted by molar-refractivity contribution is 6.30. The molecule has 1 aromatic rings. The zero-order valence-corrected chi connectivity index (χ0v) is 10.0. The summed E-state index contributed by atoms with van der Waals surface area (Å²) in [5, 5.41) is 11.5. The summed E-state index contributed by atoms with van der Waals surface area (Å²) in [6.45, 7) is 1.38. The molecular formula is C11H14ClFN2O2. The zero-order chi connectivity index (χ0) is 13.0. The summed E-state index contributed by atoms with van der Waals surface area (Å²) in [6.07, 6.45) is -0.959. The normalized spacial score (nSPS) is 14.2. The lowest BCUT2D eigenvalue weighted by Crippen LogP contribution is -2.46. The van der Waals surface area contributed by atoms with Gasteiger partial charge < -0.3 is 16.2 Å². The summed E-state index contributed by atoms with van der Waals surface area (Å²) in [6, 6.07) is 3.48. The smallest absolute Gasteiger partial charge is 0.239 e. The molecule has 0 radical (unpaired) electrons. The third-order valence-corrected chi connectivity index (χ3v) is 2.60. The summed E-state index contributed by atoms with van der Waals surface area (Å²) < 4.78 is 13.4. The molecule has 0 aliphatic rings. The van der Waals surface area contributed by atoms with Crippen molar-refractivity contribution in [3.05, 3.63) is 34.6 Å². The number of aliphatic hydroxyl groups excluding tert-OH is 1.